The van der Waals surface area contributed by atoms with Gasteiger partial charge in [-0.25, -0.2) is 4.98 Å². The predicted molar refractivity (Wildman–Crippen MR) is 111 cm³/mol. The number of hydrogen-bond donors (Lipinski definition) is 2. The summed E-state index contributed by atoms with van der Waals surface area (Å²) in [5, 5.41) is 3.31. The van der Waals surface area contributed by atoms with E-state index in [9.17, 15) is 4.79 Å². The van der Waals surface area contributed by atoms with Gasteiger partial charge in [0.1, 0.15) is 17.2 Å². The Hall–Kier alpha value is -3.39. The molecular formula is C20H16BrN5O2. The Balaban J connectivity index is 1.61. The Morgan fingerprint density at radius 2 is 1.86 bits per heavy atom. The lowest BCUT2D eigenvalue weighted by Crippen LogP contribution is -2.12. The lowest BCUT2D eigenvalue weighted by Gasteiger charge is -2.07. The summed E-state index contributed by atoms with van der Waals surface area (Å²) in [6.45, 7) is 0. The van der Waals surface area contributed by atoms with Crippen LogP contribution in [0.15, 0.2) is 65.3 Å². The van der Waals surface area contributed by atoms with Gasteiger partial charge in [0.2, 0.25) is 5.95 Å². The average molecular weight is 438 g/mol. The Morgan fingerprint density at radius 1 is 1.11 bits per heavy atom. The molecule has 0 aliphatic rings. The minimum Gasteiger partial charge on any atom is -0.457 e. The maximum atomic E-state index is 11.3. The average Bonchev–Trinajstić information content (AvgIpc) is 2.99. The number of rotatable bonds is 5. The highest BCUT2D eigenvalue weighted by Crippen LogP contribution is 2.28. The van der Waals surface area contributed by atoms with Crippen molar-refractivity contribution in [1.29, 1.82) is 0 Å². The molecule has 2 aromatic carbocycles. The minimum atomic E-state index is -0.603. The zero-order chi connectivity index (χ0) is 19.7. The van der Waals surface area contributed by atoms with E-state index in [4.69, 9.17) is 10.5 Å². The number of carbonyl (C=O) groups is 1. The number of ether oxygens (including phenoxy) is 1. The van der Waals surface area contributed by atoms with Crippen LogP contribution in [0.2, 0.25) is 0 Å². The first-order valence-electron chi connectivity index (χ1n) is 8.42. The number of anilines is 2. The fraction of sp³-hybridized carbons (Fsp3) is 0.0500. The molecule has 0 aliphatic carbocycles. The van der Waals surface area contributed by atoms with E-state index < -0.39 is 5.91 Å². The van der Waals surface area contributed by atoms with E-state index >= 15 is 0 Å². The normalized spacial score (nSPS) is 10.8. The van der Waals surface area contributed by atoms with Crippen molar-refractivity contribution in [1.82, 2.24) is 14.5 Å². The fourth-order valence-corrected chi connectivity index (χ4v) is 3.03. The number of hydrogen-bond acceptors (Lipinski definition) is 5. The van der Waals surface area contributed by atoms with Crippen molar-refractivity contribution >= 4 is 44.5 Å². The standard InChI is InChI=1S/C20H16BrN5O2/c1-26-18-7-6-14(28-15-8-9-23-17(11-15)19(22)27)10-16(18)25-20(26)24-13-4-2-12(21)3-5-13/h2-11H,1H3,(H2,22,27)(H,24,25). The van der Waals surface area contributed by atoms with Crippen molar-refractivity contribution in [3.63, 3.8) is 0 Å². The number of nitrogens with two attached hydrogens (primary N) is 1. The van der Waals surface area contributed by atoms with Crippen molar-refractivity contribution in [2.24, 2.45) is 12.8 Å². The van der Waals surface area contributed by atoms with E-state index in [1.165, 1.54) is 12.3 Å². The van der Waals surface area contributed by atoms with Crippen molar-refractivity contribution in [3.05, 3.63) is 71.0 Å². The first-order chi connectivity index (χ1) is 13.5. The minimum absolute atomic E-state index is 0.150. The van der Waals surface area contributed by atoms with Crippen LogP contribution in [0.4, 0.5) is 11.6 Å². The first-order valence-corrected chi connectivity index (χ1v) is 9.22. The number of amides is 1. The third kappa shape index (κ3) is 3.67. The molecule has 1 amide bonds. The second-order valence-corrected chi connectivity index (χ2v) is 7.04. The van der Waals surface area contributed by atoms with Crippen LogP contribution in [-0.2, 0) is 7.05 Å². The summed E-state index contributed by atoms with van der Waals surface area (Å²) < 4.78 is 8.82. The van der Waals surface area contributed by atoms with E-state index in [0.29, 0.717) is 11.5 Å². The van der Waals surface area contributed by atoms with Crippen molar-refractivity contribution in [2.75, 3.05) is 5.32 Å². The third-order valence-corrected chi connectivity index (χ3v) is 4.70. The number of aryl methyl sites for hydroxylation is 1. The molecule has 140 valence electrons. The number of imidazole rings is 1. The van der Waals surface area contributed by atoms with Gasteiger partial charge >= 0.3 is 0 Å². The molecule has 2 aromatic heterocycles. The maximum Gasteiger partial charge on any atom is 0.267 e. The first kappa shape index (κ1) is 18.0. The SMILES string of the molecule is Cn1c(Nc2ccc(Br)cc2)nc2cc(Oc3ccnc(C(N)=O)c3)ccc21. The number of primary amides is 1. The number of aromatic nitrogens is 3. The number of nitrogens with zero attached hydrogens (tertiary/aromatic N) is 3. The topological polar surface area (TPSA) is 95.1 Å². The maximum absolute atomic E-state index is 11.3. The van der Waals surface area contributed by atoms with E-state index in [2.05, 4.69) is 31.2 Å². The molecule has 8 heteroatoms. The van der Waals surface area contributed by atoms with Gasteiger partial charge in [0.25, 0.3) is 5.91 Å². The van der Waals surface area contributed by atoms with Crippen LogP contribution in [0.3, 0.4) is 0 Å². The molecule has 0 saturated heterocycles. The molecule has 7 nitrogen and oxygen atoms in total. The van der Waals surface area contributed by atoms with E-state index in [1.54, 1.807) is 6.07 Å². The highest BCUT2D eigenvalue weighted by Gasteiger charge is 2.10. The Kier molecular flexibility index (Phi) is 4.70. The summed E-state index contributed by atoms with van der Waals surface area (Å²) in [4.78, 5) is 19.8. The molecule has 0 bridgehead atoms. The Labute approximate surface area is 169 Å². The molecular weight excluding hydrogens is 422 g/mol. The van der Waals surface area contributed by atoms with Crippen molar-refractivity contribution in [2.45, 2.75) is 0 Å². The second kappa shape index (κ2) is 7.32. The van der Waals surface area contributed by atoms with Crippen LogP contribution in [-0.4, -0.2) is 20.4 Å². The number of halogens is 1. The third-order valence-electron chi connectivity index (χ3n) is 4.17. The van der Waals surface area contributed by atoms with Gasteiger partial charge in [-0.15, -0.1) is 0 Å². The molecule has 2 heterocycles. The number of fused-ring (bicyclic) bond motifs is 1. The number of nitrogens with one attached hydrogen (secondary N) is 1. The summed E-state index contributed by atoms with van der Waals surface area (Å²) in [6.07, 6.45) is 1.48. The van der Waals surface area contributed by atoms with Crippen molar-refractivity contribution < 1.29 is 9.53 Å². The number of pyridine rings is 1. The van der Waals surface area contributed by atoms with Crippen LogP contribution in [0, 0.1) is 0 Å². The zero-order valence-electron chi connectivity index (χ0n) is 14.9. The van der Waals surface area contributed by atoms with Gasteiger partial charge in [0.05, 0.1) is 11.0 Å². The zero-order valence-corrected chi connectivity index (χ0v) is 16.5. The summed E-state index contributed by atoms with van der Waals surface area (Å²) in [5.41, 5.74) is 8.09. The van der Waals surface area contributed by atoms with Gasteiger partial charge in [-0.3, -0.25) is 9.78 Å². The van der Waals surface area contributed by atoms with Gasteiger partial charge < -0.3 is 20.4 Å². The largest absolute Gasteiger partial charge is 0.457 e. The van der Waals surface area contributed by atoms with Gasteiger partial charge in [-0.1, -0.05) is 15.9 Å². The highest BCUT2D eigenvalue weighted by molar-refractivity contribution is 9.10. The molecule has 0 fully saturated rings. The highest BCUT2D eigenvalue weighted by atomic mass is 79.9. The van der Waals surface area contributed by atoms with Crippen molar-refractivity contribution in [3.8, 4) is 11.5 Å². The molecule has 4 rings (SSSR count). The molecule has 0 atom stereocenters. The molecule has 0 unspecified atom stereocenters. The van der Waals surface area contributed by atoms with E-state index in [-0.39, 0.29) is 5.69 Å². The number of carbonyl (C=O) groups excluding carboxylic acids is 1. The molecule has 0 saturated carbocycles. The lowest BCUT2D eigenvalue weighted by atomic mass is 10.3. The molecule has 0 aliphatic heterocycles. The van der Waals surface area contributed by atoms with Gasteiger partial charge in [0.15, 0.2) is 0 Å². The summed E-state index contributed by atoms with van der Waals surface area (Å²) in [6, 6.07) is 16.7. The fourth-order valence-electron chi connectivity index (χ4n) is 2.76. The Bertz CT molecular complexity index is 1170. The van der Waals surface area contributed by atoms with Crippen LogP contribution in [0.5, 0.6) is 11.5 Å². The van der Waals surface area contributed by atoms with E-state index in [0.717, 1.165) is 27.1 Å². The quantitative estimate of drug-likeness (QED) is 0.483. The summed E-state index contributed by atoms with van der Waals surface area (Å²) in [7, 11) is 1.94. The lowest BCUT2D eigenvalue weighted by molar-refractivity contribution is 0.0995. The van der Waals surface area contributed by atoms with Crippen LogP contribution in [0.1, 0.15) is 10.5 Å². The number of benzene rings is 2. The van der Waals surface area contributed by atoms with Crippen LogP contribution < -0.4 is 15.8 Å². The molecule has 0 spiro atoms. The summed E-state index contributed by atoms with van der Waals surface area (Å²) >= 11 is 3.43. The Morgan fingerprint density at radius 3 is 2.61 bits per heavy atom. The molecule has 28 heavy (non-hydrogen) atoms. The van der Waals surface area contributed by atoms with Gasteiger partial charge in [-0.2, -0.15) is 0 Å². The van der Waals surface area contributed by atoms with Crippen LogP contribution >= 0.6 is 15.9 Å². The van der Waals surface area contributed by atoms with Gasteiger partial charge in [0, 0.05) is 35.5 Å². The second-order valence-electron chi connectivity index (χ2n) is 6.12. The monoisotopic (exact) mass is 437 g/mol. The molecule has 0 radical (unpaired) electrons. The van der Waals surface area contributed by atoms with Crippen LogP contribution in [0.25, 0.3) is 11.0 Å². The molecule has 3 N–H and O–H groups in total. The van der Waals surface area contributed by atoms with Gasteiger partial charge in [-0.05, 0) is 42.5 Å². The smallest absolute Gasteiger partial charge is 0.267 e. The van der Waals surface area contributed by atoms with E-state index in [1.807, 2.05) is 54.1 Å². The molecule has 4 aromatic rings. The summed E-state index contributed by atoms with van der Waals surface area (Å²) in [5.74, 6) is 1.19. The predicted octanol–water partition coefficient (Wildman–Crippen LogP) is 4.37.